The second-order valence-corrected chi connectivity index (χ2v) is 9.38. The van der Waals surface area contributed by atoms with E-state index in [0.717, 1.165) is 10.9 Å². The van der Waals surface area contributed by atoms with E-state index in [1.54, 1.807) is 39.1 Å². The molecule has 0 bridgehead atoms. The molecule has 1 fully saturated rings. The fraction of sp³-hybridized carbons (Fsp3) is 0.346. The first-order valence-corrected chi connectivity index (χ1v) is 11.2. The molecular formula is C26H28N2O7. The molecule has 1 aliphatic rings. The molecule has 0 spiro atoms. The maximum atomic E-state index is 12.5. The number of amides is 1. The summed E-state index contributed by atoms with van der Waals surface area (Å²) in [6.07, 6.45) is 1.11. The minimum atomic E-state index is -1.10. The topological polar surface area (TPSA) is 107 Å². The van der Waals surface area contributed by atoms with Crippen molar-refractivity contribution in [3.05, 3.63) is 65.9 Å². The molecule has 9 nitrogen and oxygen atoms in total. The first kappa shape index (κ1) is 24.1. The molecule has 9 heteroatoms. The number of aromatic nitrogens is 1. The van der Waals surface area contributed by atoms with Crippen molar-refractivity contribution in [1.29, 1.82) is 0 Å². The molecule has 0 aliphatic carbocycles. The maximum absolute atomic E-state index is 12.5. The van der Waals surface area contributed by atoms with Gasteiger partial charge in [-0.3, -0.25) is 4.90 Å². The molecular weight excluding hydrogens is 452 g/mol. The summed E-state index contributed by atoms with van der Waals surface area (Å²) in [5, 5.41) is 10.4. The normalized spacial score (nSPS) is 17.2. The van der Waals surface area contributed by atoms with Crippen LogP contribution in [0.15, 0.2) is 54.7 Å². The summed E-state index contributed by atoms with van der Waals surface area (Å²) in [6, 6.07) is 13.2. The van der Waals surface area contributed by atoms with E-state index in [0.29, 0.717) is 23.4 Å². The SMILES string of the molecule is COC(=O)c1cc(OCc2ccccc2)c2ccn(C[C@H]3[C@H](C(=O)O)N3C(=O)OC(C)(C)C)c2c1. The van der Waals surface area contributed by atoms with E-state index in [-0.39, 0.29) is 6.54 Å². The van der Waals surface area contributed by atoms with Gasteiger partial charge in [-0.2, -0.15) is 0 Å². The molecule has 1 aliphatic heterocycles. The zero-order valence-corrected chi connectivity index (χ0v) is 20.1. The highest BCUT2D eigenvalue weighted by atomic mass is 16.6. The number of carbonyl (C=O) groups is 3. The lowest BCUT2D eigenvalue weighted by Crippen LogP contribution is -2.29. The number of aliphatic carboxylic acids is 1. The average molecular weight is 481 g/mol. The second kappa shape index (κ2) is 9.32. The number of ether oxygens (including phenoxy) is 3. The van der Waals surface area contributed by atoms with Crippen LogP contribution in [-0.2, 0) is 27.4 Å². The van der Waals surface area contributed by atoms with Crippen LogP contribution in [0.1, 0.15) is 36.7 Å². The number of fused-ring (bicyclic) bond motifs is 1. The van der Waals surface area contributed by atoms with Crippen molar-refractivity contribution in [2.75, 3.05) is 7.11 Å². The molecule has 1 aromatic heterocycles. The highest BCUT2D eigenvalue weighted by Crippen LogP contribution is 2.35. The van der Waals surface area contributed by atoms with Crippen molar-refractivity contribution < 1.29 is 33.7 Å². The van der Waals surface area contributed by atoms with Crippen LogP contribution in [0.3, 0.4) is 0 Å². The lowest BCUT2D eigenvalue weighted by molar-refractivity contribution is -0.137. The summed E-state index contributed by atoms with van der Waals surface area (Å²) in [4.78, 5) is 37.9. The van der Waals surface area contributed by atoms with E-state index in [2.05, 4.69) is 0 Å². The van der Waals surface area contributed by atoms with Crippen LogP contribution in [-0.4, -0.2) is 57.4 Å². The molecule has 184 valence electrons. The molecule has 35 heavy (non-hydrogen) atoms. The number of carboxylic acids is 1. The molecule has 2 heterocycles. The molecule has 1 saturated heterocycles. The van der Waals surface area contributed by atoms with Crippen LogP contribution in [0.25, 0.3) is 10.9 Å². The zero-order valence-electron chi connectivity index (χ0n) is 20.1. The van der Waals surface area contributed by atoms with E-state index in [4.69, 9.17) is 14.2 Å². The largest absolute Gasteiger partial charge is 0.488 e. The van der Waals surface area contributed by atoms with Gasteiger partial charge >= 0.3 is 18.0 Å². The van der Waals surface area contributed by atoms with Crippen molar-refractivity contribution in [3.63, 3.8) is 0 Å². The standard InChI is InChI=1S/C26H28N2O7/c1-26(2,3)35-25(32)28-20(22(28)23(29)30)14-27-11-10-18-19(27)12-17(24(31)33-4)13-21(18)34-15-16-8-6-5-7-9-16/h5-13,20,22H,14-15H2,1-4H3,(H,29,30)/t20-,22+,28?/m0/s1. The van der Waals surface area contributed by atoms with Crippen molar-refractivity contribution in [3.8, 4) is 5.75 Å². The van der Waals surface area contributed by atoms with Gasteiger partial charge in [-0.1, -0.05) is 30.3 Å². The summed E-state index contributed by atoms with van der Waals surface area (Å²) in [7, 11) is 1.30. The summed E-state index contributed by atoms with van der Waals surface area (Å²) in [6.45, 7) is 5.70. The van der Waals surface area contributed by atoms with Crippen molar-refractivity contribution in [2.24, 2.45) is 0 Å². The molecule has 0 unspecified atom stereocenters. The Morgan fingerprint density at radius 3 is 2.40 bits per heavy atom. The Morgan fingerprint density at radius 1 is 1.06 bits per heavy atom. The van der Waals surface area contributed by atoms with Gasteiger partial charge in [0, 0.05) is 18.1 Å². The quantitative estimate of drug-likeness (QED) is 0.401. The fourth-order valence-corrected chi connectivity index (χ4v) is 4.03. The fourth-order valence-electron chi connectivity index (χ4n) is 4.03. The van der Waals surface area contributed by atoms with Crippen LogP contribution >= 0.6 is 0 Å². The number of nitrogens with zero attached hydrogens (tertiary/aromatic N) is 2. The van der Waals surface area contributed by atoms with Gasteiger partial charge in [-0.25, -0.2) is 14.4 Å². The lowest BCUT2D eigenvalue weighted by Gasteiger charge is -2.20. The van der Waals surface area contributed by atoms with E-state index in [9.17, 15) is 19.5 Å². The molecule has 2 atom stereocenters. The Labute approximate surface area is 202 Å². The van der Waals surface area contributed by atoms with Gasteiger partial charge < -0.3 is 23.9 Å². The molecule has 1 amide bonds. The third kappa shape index (κ3) is 5.24. The predicted octanol–water partition coefficient (Wildman–Crippen LogP) is 4.08. The van der Waals surface area contributed by atoms with E-state index < -0.39 is 35.7 Å². The Kier molecular flexibility index (Phi) is 6.43. The van der Waals surface area contributed by atoms with E-state index >= 15 is 0 Å². The average Bonchev–Trinajstić information content (AvgIpc) is 3.40. The third-order valence-corrected chi connectivity index (χ3v) is 5.68. The van der Waals surface area contributed by atoms with Crippen molar-refractivity contribution >= 4 is 28.9 Å². The summed E-state index contributed by atoms with van der Waals surface area (Å²) < 4.78 is 18.1. The van der Waals surface area contributed by atoms with Crippen LogP contribution < -0.4 is 4.74 Å². The molecule has 2 aromatic carbocycles. The number of rotatable bonds is 7. The van der Waals surface area contributed by atoms with Crippen LogP contribution in [0.5, 0.6) is 5.75 Å². The smallest absolute Gasteiger partial charge is 0.411 e. The van der Waals surface area contributed by atoms with Gasteiger partial charge in [0.2, 0.25) is 0 Å². The zero-order chi connectivity index (χ0) is 25.3. The Balaban J connectivity index is 1.63. The van der Waals surface area contributed by atoms with Crippen LogP contribution in [0.2, 0.25) is 0 Å². The van der Waals surface area contributed by atoms with Gasteiger partial charge in [0.25, 0.3) is 0 Å². The van der Waals surface area contributed by atoms with Gasteiger partial charge in [-0.15, -0.1) is 0 Å². The number of hydrogen-bond donors (Lipinski definition) is 1. The maximum Gasteiger partial charge on any atom is 0.411 e. The first-order valence-electron chi connectivity index (χ1n) is 11.2. The van der Waals surface area contributed by atoms with Crippen LogP contribution in [0.4, 0.5) is 4.79 Å². The van der Waals surface area contributed by atoms with Gasteiger partial charge in [0.15, 0.2) is 6.04 Å². The number of carbonyl (C=O) groups excluding carboxylic acids is 2. The van der Waals surface area contributed by atoms with Crippen molar-refractivity contribution in [2.45, 2.75) is 51.6 Å². The Morgan fingerprint density at radius 2 is 1.77 bits per heavy atom. The Bertz CT molecular complexity index is 1260. The number of methoxy groups -OCH3 is 1. The predicted molar refractivity (Wildman–Crippen MR) is 127 cm³/mol. The number of hydrogen-bond acceptors (Lipinski definition) is 6. The molecule has 0 radical (unpaired) electrons. The Hall–Kier alpha value is -4.01. The third-order valence-electron chi connectivity index (χ3n) is 5.68. The minimum absolute atomic E-state index is 0.211. The lowest BCUT2D eigenvalue weighted by atomic mass is 10.1. The van der Waals surface area contributed by atoms with Crippen molar-refractivity contribution in [1.82, 2.24) is 9.47 Å². The number of benzene rings is 2. The summed E-state index contributed by atoms with van der Waals surface area (Å²) in [5.41, 5.74) is 1.20. The number of esters is 1. The second-order valence-electron chi connectivity index (χ2n) is 9.38. The highest BCUT2D eigenvalue weighted by Gasteiger charge is 2.57. The highest BCUT2D eigenvalue weighted by molar-refractivity contribution is 5.97. The summed E-state index contributed by atoms with van der Waals surface area (Å²) >= 11 is 0. The van der Waals surface area contributed by atoms with Gasteiger partial charge in [-0.05, 0) is 44.5 Å². The van der Waals surface area contributed by atoms with Gasteiger partial charge in [0.1, 0.15) is 18.0 Å². The minimum Gasteiger partial charge on any atom is -0.488 e. The molecule has 0 saturated carbocycles. The van der Waals surface area contributed by atoms with E-state index in [1.807, 2.05) is 41.0 Å². The monoisotopic (exact) mass is 480 g/mol. The molecule has 3 aromatic rings. The van der Waals surface area contributed by atoms with E-state index in [1.165, 1.54) is 12.0 Å². The molecule has 4 rings (SSSR count). The number of carboxylic acid groups (broad SMARTS) is 1. The van der Waals surface area contributed by atoms with Crippen LogP contribution in [0, 0.1) is 0 Å². The van der Waals surface area contributed by atoms with Gasteiger partial charge in [0.05, 0.1) is 24.2 Å². The molecule has 1 N–H and O–H groups in total. The summed E-state index contributed by atoms with van der Waals surface area (Å²) in [5.74, 6) is -1.12. The first-order chi connectivity index (χ1) is 16.6.